The summed E-state index contributed by atoms with van der Waals surface area (Å²) >= 11 is 0. The molecule has 0 radical (unpaired) electrons. The summed E-state index contributed by atoms with van der Waals surface area (Å²) in [4.78, 5) is 4.40. The van der Waals surface area contributed by atoms with Crippen molar-refractivity contribution in [2.24, 2.45) is 0 Å². The molecular weight excluding hydrogens is 270 g/mol. The molecule has 0 unspecified atom stereocenters. The first-order valence-corrected chi connectivity index (χ1v) is 6.88. The van der Waals surface area contributed by atoms with Gasteiger partial charge in [0, 0.05) is 24.8 Å². The number of benzene rings is 1. The monoisotopic (exact) mass is 291 g/mol. The van der Waals surface area contributed by atoms with E-state index in [0.29, 0.717) is 43.6 Å². The van der Waals surface area contributed by atoms with Crippen molar-refractivity contribution in [2.45, 2.75) is 20.3 Å². The van der Waals surface area contributed by atoms with E-state index in [4.69, 9.17) is 19.7 Å². The van der Waals surface area contributed by atoms with Crippen molar-refractivity contribution >= 4 is 5.69 Å². The number of methoxy groups -OCH3 is 1. The third-order valence-electron chi connectivity index (χ3n) is 3.29. The highest BCUT2D eigenvalue weighted by molar-refractivity contribution is 5.66. The van der Waals surface area contributed by atoms with Gasteiger partial charge in [-0.3, -0.25) is 0 Å². The molecule has 0 atom stereocenters. The van der Waals surface area contributed by atoms with Gasteiger partial charge in [0.1, 0.15) is 0 Å². The molecule has 2 aromatic rings. The normalized spacial score (nSPS) is 11.0. The van der Waals surface area contributed by atoms with Crippen LogP contribution in [0.15, 0.2) is 16.7 Å². The molecule has 114 valence electrons. The summed E-state index contributed by atoms with van der Waals surface area (Å²) < 4.78 is 15.6. The van der Waals surface area contributed by atoms with Gasteiger partial charge in [0.2, 0.25) is 0 Å². The van der Waals surface area contributed by atoms with E-state index >= 15 is 0 Å². The SMILES string of the molecule is COCCOCCc1noc(-c2cc(N)cc(C)c2C)n1. The molecule has 6 nitrogen and oxygen atoms in total. The highest BCUT2D eigenvalue weighted by atomic mass is 16.5. The van der Waals surface area contributed by atoms with Crippen molar-refractivity contribution in [2.75, 3.05) is 32.7 Å². The maximum Gasteiger partial charge on any atom is 0.258 e. The summed E-state index contributed by atoms with van der Waals surface area (Å²) in [6.07, 6.45) is 0.605. The van der Waals surface area contributed by atoms with E-state index in [1.807, 2.05) is 26.0 Å². The number of nitrogen functional groups attached to an aromatic ring is 1. The van der Waals surface area contributed by atoms with Crippen LogP contribution in [0.25, 0.3) is 11.5 Å². The summed E-state index contributed by atoms with van der Waals surface area (Å²) in [6, 6.07) is 3.79. The van der Waals surface area contributed by atoms with Crippen molar-refractivity contribution in [1.29, 1.82) is 0 Å². The largest absolute Gasteiger partial charge is 0.399 e. The first kappa shape index (κ1) is 15.5. The van der Waals surface area contributed by atoms with E-state index in [1.165, 1.54) is 0 Å². The zero-order valence-electron chi connectivity index (χ0n) is 12.7. The number of hydrogen-bond acceptors (Lipinski definition) is 6. The molecule has 0 aliphatic rings. The average Bonchev–Trinajstić information content (AvgIpc) is 2.91. The summed E-state index contributed by atoms with van der Waals surface area (Å²) in [6.45, 7) is 5.71. The Morgan fingerprint density at radius 2 is 2.00 bits per heavy atom. The van der Waals surface area contributed by atoms with Crippen LogP contribution in [0.2, 0.25) is 0 Å². The lowest BCUT2D eigenvalue weighted by molar-refractivity contribution is 0.0714. The van der Waals surface area contributed by atoms with Crippen LogP contribution >= 0.6 is 0 Å². The van der Waals surface area contributed by atoms with Gasteiger partial charge < -0.3 is 19.7 Å². The number of nitrogens with zero attached hydrogens (tertiary/aromatic N) is 2. The molecule has 0 saturated carbocycles. The Labute approximate surface area is 124 Å². The van der Waals surface area contributed by atoms with Gasteiger partial charge >= 0.3 is 0 Å². The fraction of sp³-hybridized carbons (Fsp3) is 0.467. The molecule has 0 bridgehead atoms. The lowest BCUT2D eigenvalue weighted by Crippen LogP contribution is -2.05. The van der Waals surface area contributed by atoms with Crippen LogP contribution in [-0.4, -0.2) is 37.1 Å². The lowest BCUT2D eigenvalue weighted by atomic mass is 10.0. The molecule has 1 heterocycles. The maximum absolute atomic E-state index is 5.88. The molecule has 0 spiro atoms. The smallest absolute Gasteiger partial charge is 0.258 e. The van der Waals surface area contributed by atoms with Crippen LogP contribution in [0.5, 0.6) is 0 Å². The van der Waals surface area contributed by atoms with E-state index < -0.39 is 0 Å². The number of hydrogen-bond donors (Lipinski definition) is 1. The van der Waals surface area contributed by atoms with Gasteiger partial charge in [0.15, 0.2) is 5.82 Å². The molecule has 21 heavy (non-hydrogen) atoms. The second-order valence-corrected chi connectivity index (χ2v) is 4.88. The van der Waals surface area contributed by atoms with Gasteiger partial charge in [-0.25, -0.2) is 0 Å². The van der Waals surface area contributed by atoms with E-state index in [9.17, 15) is 0 Å². The summed E-state index contributed by atoms with van der Waals surface area (Å²) in [7, 11) is 1.64. The molecule has 1 aromatic carbocycles. The van der Waals surface area contributed by atoms with E-state index in [-0.39, 0.29) is 0 Å². The number of anilines is 1. The number of ether oxygens (including phenoxy) is 2. The lowest BCUT2D eigenvalue weighted by Gasteiger charge is -2.06. The van der Waals surface area contributed by atoms with Gasteiger partial charge in [-0.1, -0.05) is 5.16 Å². The highest BCUT2D eigenvalue weighted by Crippen LogP contribution is 2.26. The van der Waals surface area contributed by atoms with Crippen LogP contribution in [0.1, 0.15) is 17.0 Å². The molecule has 2 rings (SSSR count). The first-order valence-electron chi connectivity index (χ1n) is 6.88. The van der Waals surface area contributed by atoms with Crippen molar-refractivity contribution < 1.29 is 14.0 Å². The number of aromatic nitrogens is 2. The Hall–Kier alpha value is -1.92. The molecule has 6 heteroatoms. The molecule has 0 aliphatic heterocycles. The quantitative estimate of drug-likeness (QED) is 0.621. The highest BCUT2D eigenvalue weighted by Gasteiger charge is 2.13. The van der Waals surface area contributed by atoms with Crippen LogP contribution in [-0.2, 0) is 15.9 Å². The Kier molecular flexibility index (Phi) is 5.30. The summed E-state index contributed by atoms with van der Waals surface area (Å²) in [5.74, 6) is 1.12. The Balaban J connectivity index is 2.03. The minimum absolute atomic E-state index is 0.495. The van der Waals surface area contributed by atoms with Crippen molar-refractivity contribution in [3.05, 3.63) is 29.1 Å². The van der Waals surface area contributed by atoms with Crippen molar-refractivity contribution in [3.63, 3.8) is 0 Å². The first-order chi connectivity index (χ1) is 10.1. The Morgan fingerprint density at radius 1 is 1.19 bits per heavy atom. The zero-order valence-corrected chi connectivity index (χ0v) is 12.7. The number of aryl methyl sites for hydroxylation is 1. The second-order valence-electron chi connectivity index (χ2n) is 4.88. The third-order valence-corrected chi connectivity index (χ3v) is 3.29. The zero-order chi connectivity index (χ0) is 15.2. The van der Waals surface area contributed by atoms with Gasteiger partial charge in [-0.05, 0) is 37.1 Å². The molecular formula is C15H21N3O3. The van der Waals surface area contributed by atoms with Gasteiger partial charge in [-0.2, -0.15) is 4.98 Å². The molecule has 0 saturated heterocycles. The number of rotatable bonds is 7. The summed E-state index contributed by atoms with van der Waals surface area (Å²) in [5.41, 5.74) is 9.65. The predicted molar refractivity (Wildman–Crippen MR) is 80.0 cm³/mol. The van der Waals surface area contributed by atoms with Crippen LogP contribution in [0.3, 0.4) is 0 Å². The number of nitrogens with two attached hydrogens (primary N) is 1. The van der Waals surface area contributed by atoms with E-state index in [1.54, 1.807) is 7.11 Å². The fourth-order valence-corrected chi connectivity index (χ4v) is 1.98. The minimum atomic E-state index is 0.495. The Morgan fingerprint density at radius 3 is 2.76 bits per heavy atom. The standard InChI is InChI=1S/C15H21N3O3/c1-10-8-12(16)9-13(11(10)2)15-17-14(18-21-15)4-5-20-7-6-19-3/h8-9H,4-7,16H2,1-3H3. The Bertz CT molecular complexity index is 596. The van der Waals surface area contributed by atoms with Crippen molar-refractivity contribution in [1.82, 2.24) is 10.1 Å². The minimum Gasteiger partial charge on any atom is -0.399 e. The van der Waals surface area contributed by atoms with E-state index in [2.05, 4.69) is 10.1 Å². The summed E-state index contributed by atoms with van der Waals surface area (Å²) in [5, 5.41) is 3.97. The average molecular weight is 291 g/mol. The van der Waals surface area contributed by atoms with Gasteiger partial charge in [0.05, 0.1) is 19.8 Å². The van der Waals surface area contributed by atoms with E-state index in [0.717, 1.165) is 16.7 Å². The topological polar surface area (TPSA) is 83.4 Å². The molecule has 1 aromatic heterocycles. The van der Waals surface area contributed by atoms with Crippen molar-refractivity contribution in [3.8, 4) is 11.5 Å². The van der Waals surface area contributed by atoms with Gasteiger partial charge in [-0.15, -0.1) is 0 Å². The molecule has 2 N–H and O–H groups in total. The third kappa shape index (κ3) is 4.03. The predicted octanol–water partition coefficient (Wildman–Crippen LogP) is 2.14. The molecule has 0 amide bonds. The van der Waals surface area contributed by atoms with Crippen LogP contribution in [0.4, 0.5) is 5.69 Å². The van der Waals surface area contributed by atoms with Gasteiger partial charge in [0.25, 0.3) is 5.89 Å². The fourth-order valence-electron chi connectivity index (χ4n) is 1.98. The van der Waals surface area contributed by atoms with Crippen LogP contribution in [0, 0.1) is 13.8 Å². The van der Waals surface area contributed by atoms with Crippen LogP contribution < -0.4 is 5.73 Å². The maximum atomic E-state index is 5.88. The second kappa shape index (κ2) is 7.19. The molecule has 0 aliphatic carbocycles. The molecule has 0 fully saturated rings.